The maximum absolute atomic E-state index is 13.6. The van der Waals surface area contributed by atoms with Crippen LogP contribution in [0.4, 0.5) is 0 Å². The number of hydrogen-bond acceptors (Lipinski definition) is 6. The summed E-state index contributed by atoms with van der Waals surface area (Å²) in [5, 5.41) is 20.5. The van der Waals surface area contributed by atoms with Gasteiger partial charge in [-0.3, -0.25) is 4.79 Å². The number of ether oxygens (including phenoxy) is 1. The van der Waals surface area contributed by atoms with Gasteiger partial charge in [0.2, 0.25) is 0 Å². The van der Waals surface area contributed by atoms with Crippen LogP contribution in [0.15, 0.2) is 46.9 Å². The number of aliphatic hydroxyl groups is 1. The molecule has 0 saturated carbocycles. The summed E-state index contributed by atoms with van der Waals surface area (Å²) in [7, 11) is 0. The topological polar surface area (TPSA) is 100 Å². The molecule has 38 heavy (non-hydrogen) atoms. The lowest BCUT2D eigenvalue weighted by molar-refractivity contribution is 0.0671. The first kappa shape index (κ1) is 29.4. The Balaban J connectivity index is 1.71. The fourth-order valence-corrected chi connectivity index (χ4v) is 4.49. The van der Waals surface area contributed by atoms with E-state index in [-0.39, 0.29) is 18.0 Å². The first-order chi connectivity index (χ1) is 18.4. The second kappa shape index (κ2) is 14.7. The first-order valence-electron chi connectivity index (χ1n) is 13.8. The van der Waals surface area contributed by atoms with E-state index in [1.54, 1.807) is 30.3 Å². The molecule has 7 nitrogen and oxygen atoms in total. The highest BCUT2D eigenvalue weighted by Gasteiger charge is 2.23. The number of nitrogens with zero attached hydrogens (tertiary/aromatic N) is 1. The largest absolute Gasteiger partial charge is 0.491 e. The summed E-state index contributed by atoms with van der Waals surface area (Å²) >= 11 is 0. The number of aromatic carboxylic acids is 1. The second-order valence-corrected chi connectivity index (χ2v) is 9.85. The van der Waals surface area contributed by atoms with Gasteiger partial charge in [0.15, 0.2) is 5.78 Å². The van der Waals surface area contributed by atoms with Gasteiger partial charge in [0, 0.05) is 23.9 Å². The van der Waals surface area contributed by atoms with Crippen LogP contribution in [-0.4, -0.2) is 59.2 Å². The summed E-state index contributed by atoms with van der Waals surface area (Å²) in [5.74, 6) is -0.116. The van der Waals surface area contributed by atoms with Gasteiger partial charge in [-0.2, -0.15) is 0 Å². The maximum Gasteiger partial charge on any atom is 0.335 e. The molecule has 1 unspecified atom stereocenters. The third kappa shape index (κ3) is 7.92. The molecular weight excluding hydrogens is 482 g/mol. The molecule has 1 heterocycles. The molecular formula is C31H41NO6. The number of fused-ring (bicyclic) bond motifs is 1. The van der Waals surface area contributed by atoms with Crippen molar-refractivity contribution in [2.45, 2.75) is 71.8 Å². The predicted octanol–water partition coefficient (Wildman–Crippen LogP) is 6.35. The number of hydrogen-bond donors (Lipinski definition) is 2. The van der Waals surface area contributed by atoms with Crippen LogP contribution < -0.4 is 4.74 Å². The monoisotopic (exact) mass is 523 g/mol. The van der Waals surface area contributed by atoms with Gasteiger partial charge in [0.05, 0.1) is 11.1 Å². The SMILES string of the molecule is CCCCc1oc2ccc(C(=O)O)cc2c1C(=O)c1ccc(OCC(O)CN(CCCC)CCCC)cc1. The van der Waals surface area contributed by atoms with Crippen molar-refractivity contribution in [1.82, 2.24) is 4.90 Å². The van der Waals surface area contributed by atoms with E-state index in [1.165, 1.54) is 12.1 Å². The van der Waals surface area contributed by atoms with Gasteiger partial charge in [-0.05, 0) is 74.8 Å². The lowest BCUT2D eigenvalue weighted by Gasteiger charge is -2.25. The fourth-order valence-electron chi connectivity index (χ4n) is 4.49. The minimum atomic E-state index is -1.05. The average Bonchev–Trinajstić information content (AvgIpc) is 3.29. The Morgan fingerprint density at radius 1 is 0.921 bits per heavy atom. The number of aryl methyl sites for hydroxylation is 1. The predicted molar refractivity (Wildman–Crippen MR) is 149 cm³/mol. The van der Waals surface area contributed by atoms with Gasteiger partial charge in [-0.15, -0.1) is 0 Å². The molecule has 3 aromatic rings. The molecule has 2 aromatic carbocycles. The molecule has 1 aromatic heterocycles. The molecule has 0 aliphatic rings. The van der Waals surface area contributed by atoms with E-state index in [9.17, 15) is 19.8 Å². The van der Waals surface area contributed by atoms with Gasteiger partial charge in [0.1, 0.15) is 29.8 Å². The number of carboxylic acid groups (broad SMARTS) is 1. The van der Waals surface area contributed by atoms with Crippen molar-refractivity contribution in [3.63, 3.8) is 0 Å². The van der Waals surface area contributed by atoms with Crippen molar-refractivity contribution in [2.24, 2.45) is 0 Å². The second-order valence-electron chi connectivity index (χ2n) is 9.85. The van der Waals surface area contributed by atoms with E-state index in [0.29, 0.717) is 46.6 Å². The van der Waals surface area contributed by atoms with E-state index in [2.05, 4.69) is 25.7 Å². The number of carboxylic acids is 1. The van der Waals surface area contributed by atoms with Gasteiger partial charge in [-0.1, -0.05) is 40.0 Å². The zero-order valence-corrected chi connectivity index (χ0v) is 22.9. The molecule has 0 radical (unpaired) electrons. The maximum atomic E-state index is 13.6. The van der Waals surface area contributed by atoms with Crippen LogP contribution >= 0.6 is 0 Å². The molecule has 0 spiro atoms. The van der Waals surface area contributed by atoms with Crippen LogP contribution in [0.2, 0.25) is 0 Å². The van der Waals surface area contributed by atoms with Crippen molar-refractivity contribution in [2.75, 3.05) is 26.2 Å². The lowest BCUT2D eigenvalue weighted by Crippen LogP contribution is -2.36. The zero-order valence-electron chi connectivity index (χ0n) is 22.9. The smallest absolute Gasteiger partial charge is 0.335 e. The van der Waals surface area contributed by atoms with Crippen LogP contribution in [0.25, 0.3) is 11.0 Å². The van der Waals surface area contributed by atoms with Gasteiger partial charge < -0.3 is 24.3 Å². The average molecular weight is 524 g/mol. The van der Waals surface area contributed by atoms with Crippen LogP contribution in [-0.2, 0) is 6.42 Å². The van der Waals surface area contributed by atoms with Gasteiger partial charge in [0.25, 0.3) is 0 Å². The summed E-state index contributed by atoms with van der Waals surface area (Å²) in [6, 6.07) is 11.4. The fraction of sp³-hybridized carbons (Fsp3) is 0.484. The molecule has 206 valence electrons. The molecule has 7 heteroatoms. The molecule has 1 atom stereocenters. The summed E-state index contributed by atoms with van der Waals surface area (Å²) in [5.41, 5.74) is 1.49. The van der Waals surface area contributed by atoms with Crippen molar-refractivity contribution in [3.05, 3.63) is 64.9 Å². The third-order valence-electron chi connectivity index (χ3n) is 6.68. The van der Waals surface area contributed by atoms with Crippen LogP contribution in [0.3, 0.4) is 0 Å². The number of unbranched alkanes of at least 4 members (excludes halogenated alkanes) is 3. The Kier molecular flexibility index (Phi) is 11.4. The third-order valence-corrected chi connectivity index (χ3v) is 6.68. The highest BCUT2D eigenvalue weighted by molar-refractivity contribution is 6.17. The van der Waals surface area contributed by atoms with E-state index >= 15 is 0 Å². The Labute approximate surface area is 225 Å². The van der Waals surface area contributed by atoms with Crippen molar-refractivity contribution < 1.29 is 29.0 Å². The van der Waals surface area contributed by atoms with Crippen molar-refractivity contribution in [1.29, 1.82) is 0 Å². The number of rotatable bonds is 17. The van der Waals surface area contributed by atoms with E-state index < -0.39 is 12.1 Å². The number of carbonyl (C=O) groups excluding carboxylic acids is 1. The zero-order chi connectivity index (χ0) is 27.5. The normalized spacial score (nSPS) is 12.2. The van der Waals surface area contributed by atoms with Gasteiger partial charge in [-0.25, -0.2) is 4.79 Å². The summed E-state index contributed by atoms with van der Waals surface area (Å²) < 4.78 is 11.8. The van der Waals surface area contributed by atoms with E-state index in [0.717, 1.165) is 51.6 Å². The highest BCUT2D eigenvalue weighted by atomic mass is 16.5. The minimum Gasteiger partial charge on any atom is -0.491 e. The molecule has 0 amide bonds. The Bertz CT molecular complexity index is 1180. The summed E-state index contributed by atoms with van der Waals surface area (Å²) in [6.45, 7) is 9.09. The molecule has 0 aliphatic carbocycles. The molecule has 0 fully saturated rings. The van der Waals surface area contributed by atoms with E-state index in [1.807, 2.05) is 0 Å². The number of furan rings is 1. The van der Waals surface area contributed by atoms with Crippen LogP contribution in [0, 0.1) is 0 Å². The lowest BCUT2D eigenvalue weighted by atomic mass is 9.97. The quantitative estimate of drug-likeness (QED) is 0.199. The number of aliphatic hydroxyl groups excluding tert-OH is 1. The van der Waals surface area contributed by atoms with Crippen molar-refractivity contribution in [3.8, 4) is 5.75 Å². The molecule has 0 aliphatic heterocycles. The highest BCUT2D eigenvalue weighted by Crippen LogP contribution is 2.31. The number of benzene rings is 2. The van der Waals surface area contributed by atoms with E-state index in [4.69, 9.17) is 9.15 Å². The Morgan fingerprint density at radius 3 is 2.16 bits per heavy atom. The molecule has 0 saturated heterocycles. The summed E-state index contributed by atoms with van der Waals surface area (Å²) in [6.07, 6.45) is 6.25. The minimum absolute atomic E-state index is 0.111. The number of ketones is 1. The molecule has 0 bridgehead atoms. The summed E-state index contributed by atoms with van der Waals surface area (Å²) in [4.78, 5) is 27.4. The molecule has 2 N–H and O–H groups in total. The van der Waals surface area contributed by atoms with Gasteiger partial charge >= 0.3 is 5.97 Å². The van der Waals surface area contributed by atoms with Crippen molar-refractivity contribution >= 4 is 22.7 Å². The van der Waals surface area contributed by atoms with Crippen LogP contribution in [0.5, 0.6) is 5.75 Å². The molecule has 3 rings (SSSR count). The Hall–Kier alpha value is -3.16. The number of carbonyl (C=O) groups is 2. The Morgan fingerprint density at radius 2 is 1.55 bits per heavy atom. The van der Waals surface area contributed by atoms with Crippen LogP contribution in [0.1, 0.15) is 91.3 Å². The first-order valence-corrected chi connectivity index (χ1v) is 13.8. The standard InChI is InChI=1S/C31H41NO6/c1-4-7-10-28-29(26-19-23(31(35)36)13-16-27(26)38-28)30(34)22-11-14-25(15-12-22)37-21-24(33)20-32(17-8-5-2)18-9-6-3/h11-16,19,24,33H,4-10,17-18,20-21H2,1-3H3,(H,35,36).